The van der Waals surface area contributed by atoms with Gasteiger partial charge in [0.1, 0.15) is 0 Å². The van der Waals surface area contributed by atoms with Crippen LogP contribution in [0.3, 0.4) is 0 Å². The smallest absolute Gasteiger partial charge is 0.240 e. The number of amides is 2. The molecule has 148 valence electrons. The van der Waals surface area contributed by atoms with E-state index in [4.69, 9.17) is 0 Å². The van der Waals surface area contributed by atoms with E-state index < -0.39 is 10.0 Å². The number of aryl methyl sites for hydroxylation is 2. The number of hydrogen-bond acceptors (Lipinski definition) is 4. The highest BCUT2D eigenvalue weighted by Gasteiger charge is 2.23. The van der Waals surface area contributed by atoms with Crippen LogP contribution in [0.2, 0.25) is 0 Å². The summed E-state index contributed by atoms with van der Waals surface area (Å²) in [6, 6.07) is 5.32. The Morgan fingerprint density at radius 2 is 1.63 bits per heavy atom. The molecular weight excluding hydrogens is 366 g/mol. The predicted octanol–water partition coefficient (Wildman–Crippen LogP) is 0.925. The lowest BCUT2D eigenvalue weighted by atomic mass is 9.92. The van der Waals surface area contributed by atoms with Crippen LogP contribution in [0.5, 0.6) is 0 Å². The molecule has 1 aliphatic carbocycles. The molecule has 2 amide bonds. The molecule has 0 bridgehead atoms. The molecule has 1 aliphatic heterocycles. The number of nitrogens with zero attached hydrogens (tertiary/aromatic N) is 2. The molecule has 0 spiro atoms. The molecule has 7 nitrogen and oxygen atoms in total. The van der Waals surface area contributed by atoms with Gasteiger partial charge in [0.25, 0.3) is 0 Å². The van der Waals surface area contributed by atoms with Gasteiger partial charge in [0.15, 0.2) is 0 Å². The van der Waals surface area contributed by atoms with Gasteiger partial charge in [-0.25, -0.2) is 13.1 Å². The summed E-state index contributed by atoms with van der Waals surface area (Å²) < 4.78 is 27.6. The highest BCUT2D eigenvalue weighted by Crippen LogP contribution is 2.24. The Kier molecular flexibility index (Phi) is 6.16. The number of fused-ring (bicyclic) bond motifs is 1. The number of benzene rings is 1. The molecule has 1 heterocycles. The number of hydrogen-bond donors (Lipinski definition) is 1. The molecule has 0 saturated carbocycles. The van der Waals surface area contributed by atoms with Gasteiger partial charge in [-0.1, -0.05) is 6.07 Å². The fourth-order valence-electron chi connectivity index (χ4n) is 3.68. The van der Waals surface area contributed by atoms with E-state index in [0.717, 1.165) is 31.2 Å². The number of piperazine rings is 1. The van der Waals surface area contributed by atoms with Crippen molar-refractivity contribution < 1.29 is 18.0 Å². The molecule has 0 radical (unpaired) electrons. The van der Waals surface area contributed by atoms with Crippen molar-refractivity contribution in [3.05, 3.63) is 29.3 Å². The van der Waals surface area contributed by atoms with Crippen LogP contribution in [0.1, 0.15) is 37.3 Å². The number of nitrogens with one attached hydrogen (secondary N) is 1. The minimum Gasteiger partial charge on any atom is -0.339 e. The Morgan fingerprint density at radius 3 is 2.30 bits per heavy atom. The molecule has 27 heavy (non-hydrogen) atoms. The van der Waals surface area contributed by atoms with Crippen molar-refractivity contribution in [3.63, 3.8) is 0 Å². The fourth-order valence-corrected chi connectivity index (χ4v) is 4.76. The number of carbonyl (C=O) groups is 2. The van der Waals surface area contributed by atoms with Crippen LogP contribution in [0.25, 0.3) is 0 Å². The van der Waals surface area contributed by atoms with Gasteiger partial charge in [-0.05, 0) is 48.9 Å². The molecule has 0 aromatic heterocycles. The van der Waals surface area contributed by atoms with Gasteiger partial charge in [-0.15, -0.1) is 0 Å². The summed E-state index contributed by atoms with van der Waals surface area (Å²) >= 11 is 0. The van der Waals surface area contributed by atoms with Crippen LogP contribution >= 0.6 is 0 Å². The molecule has 0 atom stereocenters. The van der Waals surface area contributed by atoms with E-state index in [1.54, 1.807) is 21.9 Å². The lowest BCUT2D eigenvalue weighted by Gasteiger charge is -2.34. The first-order valence-corrected chi connectivity index (χ1v) is 11.0. The summed E-state index contributed by atoms with van der Waals surface area (Å²) in [7, 11) is -3.61. The molecule has 1 saturated heterocycles. The fraction of sp³-hybridized carbons (Fsp3) is 0.579. The van der Waals surface area contributed by atoms with Crippen LogP contribution in [0, 0.1) is 0 Å². The van der Waals surface area contributed by atoms with Gasteiger partial charge in [0, 0.05) is 46.1 Å². The quantitative estimate of drug-likeness (QED) is 0.806. The van der Waals surface area contributed by atoms with Crippen LogP contribution < -0.4 is 4.72 Å². The normalized spacial score (nSPS) is 17.5. The summed E-state index contributed by atoms with van der Waals surface area (Å²) in [6.45, 7) is 3.65. The summed E-state index contributed by atoms with van der Waals surface area (Å²) in [5.41, 5.74) is 2.35. The third kappa shape index (κ3) is 4.87. The first-order valence-electron chi connectivity index (χ1n) is 9.51. The second kappa shape index (κ2) is 8.39. The van der Waals surface area contributed by atoms with Gasteiger partial charge < -0.3 is 9.80 Å². The maximum Gasteiger partial charge on any atom is 0.240 e. The molecule has 1 N–H and O–H groups in total. The molecule has 1 aromatic carbocycles. The molecule has 0 unspecified atom stereocenters. The molecule has 8 heteroatoms. The first kappa shape index (κ1) is 19.8. The number of carbonyl (C=O) groups excluding carboxylic acids is 2. The monoisotopic (exact) mass is 393 g/mol. The van der Waals surface area contributed by atoms with Crippen LogP contribution in [0.15, 0.2) is 23.1 Å². The van der Waals surface area contributed by atoms with Crippen molar-refractivity contribution in [2.45, 2.75) is 43.9 Å². The highest BCUT2D eigenvalue weighted by molar-refractivity contribution is 7.89. The molecular formula is C19H27N3O4S. The summed E-state index contributed by atoms with van der Waals surface area (Å²) in [5.74, 6) is -0.0775. The van der Waals surface area contributed by atoms with E-state index in [2.05, 4.69) is 4.72 Å². The topological polar surface area (TPSA) is 86.8 Å². The van der Waals surface area contributed by atoms with E-state index >= 15 is 0 Å². The van der Waals surface area contributed by atoms with Crippen LogP contribution in [-0.4, -0.2) is 62.8 Å². The SMILES string of the molecule is CC(=O)N1CCN(C(=O)CCNS(=O)(=O)c2ccc3c(c2)CCCC3)CC1. The Hall–Kier alpha value is -1.93. The van der Waals surface area contributed by atoms with Crippen molar-refractivity contribution in [1.82, 2.24) is 14.5 Å². The average molecular weight is 394 g/mol. The largest absolute Gasteiger partial charge is 0.339 e. The van der Waals surface area contributed by atoms with Gasteiger partial charge in [0.2, 0.25) is 21.8 Å². The summed E-state index contributed by atoms with van der Waals surface area (Å²) in [6.07, 6.45) is 4.29. The van der Waals surface area contributed by atoms with E-state index in [0.29, 0.717) is 26.2 Å². The van der Waals surface area contributed by atoms with E-state index in [-0.39, 0.29) is 29.7 Å². The molecule has 1 fully saturated rings. The number of rotatable bonds is 5. The zero-order valence-electron chi connectivity index (χ0n) is 15.7. The second-order valence-electron chi connectivity index (χ2n) is 7.17. The van der Waals surface area contributed by atoms with Gasteiger partial charge in [0.05, 0.1) is 4.90 Å². The van der Waals surface area contributed by atoms with Crippen molar-refractivity contribution in [3.8, 4) is 0 Å². The first-order chi connectivity index (χ1) is 12.9. The van der Waals surface area contributed by atoms with E-state index in [1.807, 2.05) is 6.07 Å². The van der Waals surface area contributed by atoms with E-state index in [1.165, 1.54) is 12.5 Å². The molecule has 3 rings (SSSR count). The summed E-state index contributed by atoms with van der Waals surface area (Å²) in [5, 5.41) is 0. The highest BCUT2D eigenvalue weighted by atomic mass is 32.2. The second-order valence-corrected chi connectivity index (χ2v) is 8.94. The third-order valence-corrected chi connectivity index (χ3v) is 6.80. The van der Waals surface area contributed by atoms with Crippen molar-refractivity contribution >= 4 is 21.8 Å². The minimum atomic E-state index is -3.61. The van der Waals surface area contributed by atoms with Gasteiger partial charge in [-0.2, -0.15) is 0 Å². The maximum atomic E-state index is 12.5. The van der Waals surface area contributed by atoms with Crippen LogP contribution in [-0.2, 0) is 32.5 Å². The molecule has 1 aromatic rings. The Balaban J connectivity index is 1.51. The summed E-state index contributed by atoms with van der Waals surface area (Å²) in [4.78, 5) is 27.3. The maximum absolute atomic E-state index is 12.5. The van der Waals surface area contributed by atoms with E-state index in [9.17, 15) is 18.0 Å². The average Bonchev–Trinajstić information content (AvgIpc) is 2.67. The Morgan fingerprint density at radius 1 is 1.00 bits per heavy atom. The van der Waals surface area contributed by atoms with Crippen molar-refractivity contribution in [2.75, 3.05) is 32.7 Å². The lowest BCUT2D eigenvalue weighted by Crippen LogP contribution is -2.50. The Bertz CT molecular complexity index is 814. The minimum absolute atomic E-state index is 0.0138. The van der Waals surface area contributed by atoms with Crippen LogP contribution in [0.4, 0.5) is 0 Å². The zero-order chi connectivity index (χ0) is 19.4. The van der Waals surface area contributed by atoms with Crippen molar-refractivity contribution in [1.29, 1.82) is 0 Å². The lowest BCUT2D eigenvalue weighted by molar-refractivity contribution is -0.138. The van der Waals surface area contributed by atoms with Crippen molar-refractivity contribution in [2.24, 2.45) is 0 Å². The Labute approximate surface area is 160 Å². The number of sulfonamides is 1. The standard InChI is InChI=1S/C19H27N3O4S/c1-15(23)21-10-12-22(13-11-21)19(24)8-9-20-27(25,26)18-7-6-16-4-2-3-5-17(16)14-18/h6-7,14,20H,2-5,8-13H2,1H3. The van der Waals surface area contributed by atoms with Gasteiger partial charge >= 0.3 is 0 Å². The zero-order valence-corrected chi connectivity index (χ0v) is 16.6. The molecule has 2 aliphatic rings. The van der Waals surface area contributed by atoms with Gasteiger partial charge in [-0.3, -0.25) is 9.59 Å². The predicted molar refractivity (Wildman–Crippen MR) is 102 cm³/mol. The third-order valence-electron chi connectivity index (χ3n) is 5.34.